The molecule has 154 valence electrons. The van der Waals surface area contributed by atoms with Gasteiger partial charge in [-0.2, -0.15) is 5.26 Å². The summed E-state index contributed by atoms with van der Waals surface area (Å²) in [5.41, 5.74) is 2.58. The van der Waals surface area contributed by atoms with Crippen LogP contribution in [-0.4, -0.2) is 67.5 Å². The van der Waals surface area contributed by atoms with Crippen molar-refractivity contribution in [3.8, 4) is 6.07 Å². The zero-order valence-electron chi connectivity index (χ0n) is 16.8. The Balaban J connectivity index is 1.37. The lowest BCUT2D eigenvalue weighted by Gasteiger charge is -2.26. The maximum Gasteiger partial charge on any atom is 0.166 e. The van der Waals surface area contributed by atoms with Crippen LogP contribution in [0.25, 0.3) is 10.9 Å². The maximum atomic E-state index is 9.42. The van der Waals surface area contributed by atoms with Crippen molar-refractivity contribution in [1.82, 2.24) is 20.5 Å². The molecule has 2 aromatic rings. The van der Waals surface area contributed by atoms with Gasteiger partial charge in [-0.25, -0.2) is 4.98 Å². The molecular weight excluding hydrogens is 384 g/mol. The molecule has 0 aliphatic carbocycles. The topological polar surface area (TPSA) is 85.2 Å². The lowest BCUT2D eigenvalue weighted by atomic mass is 10.1. The molecule has 0 radical (unpaired) electrons. The molecule has 0 spiro atoms. The number of nitrogens with one attached hydrogen (secondary N) is 3. The van der Waals surface area contributed by atoms with E-state index in [0.717, 1.165) is 62.3 Å². The lowest BCUT2D eigenvalue weighted by molar-refractivity contribution is 0.0376. The Morgan fingerprint density at radius 1 is 1.21 bits per heavy atom. The quantitative estimate of drug-likeness (QED) is 0.449. The van der Waals surface area contributed by atoms with Crippen molar-refractivity contribution >= 4 is 34.1 Å². The van der Waals surface area contributed by atoms with Crippen LogP contribution in [0.2, 0.25) is 0 Å². The van der Waals surface area contributed by atoms with Gasteiger partial charge in [0.15, 0.2) is 5.11 Å². The Hall–Kier alpha value is -2.47. The molecule has 0 unspecified atom stereocenters. The highest BCUT2D eigenvalue weighted by Gasteiger charge is 2.09. The number of morpholine rings is 1. The molecule has 0 atom stereocenters. The van der Waals surface area contributed by atoms with Gasteiger partial charge >= 0.3 is 0 Å². The molecule has 0 saturated carbocycles. The van der Waals surface area contributed by atoms with Crippen LogP contribution >= 0.6 is 12.2 Å². The average Bonchev–Trinajstić information content (AvgIpc) is 2.74. The molecule has 1 aromatic carbocycles. The van der Waals surface area contributed by atoms with Gasteiger partial charge < -0.3 is 20.7 Å². The molecule has 1 aliphatic heterocycles. The van der Waals surface area contributed by atoms with Gasteiger partial charge in [-0.15, -0.1) is 0 Å². The number of hydrogen-bond acceptors (Lipinski definition) is 6. The molecule has 1 saturated heterocycles. The van der Waals surface area contributed by atoms with Gasteiger partial charge in [0.05, 0.1) is 24.3 Å². The van der Waals surface area contributed by atoms with Gasteiger partial charge in [-0.05, 0) is 50.3 Å². The molecule has 3 rings (SSSR count). The van der Waals surface area contributed by atoms with Crippen LogP contribution in [0, 0.1) is 18.3 Å². The molecule has 1 aliphatic rings. The third kappa shape index (κ3) is 6.53. The van der Waals surface area contributed by atoms with Crippen LogP contribution in [0.4, 0.5) is 5.82 Å². The third-order valence-electron chi connectivity index (χ3n) is 4.83. The summed E-state index contributed by atoms with van der Waals surface area (Å²) < 4.78 is 5.36. The van der Waals surface area contributed by atoms with Crippen LogP contribution in [-0.2, 0) is 4.74 Å². The molecule has 1 aromatic heterocycles. The van der Waals surface area contributed by atoms with Crippen molar-refractivity contribution in [3.05, 3.63) is 35.4 Å². The molecular formula is C21H28N6OS. The minimum atomic E-state index is 0.548. The van der Waals surface area contributed by atoms with E-state index in [-0.39, 0.29) is 0 Å². The fourth-order valence-electron chi connectivity index (χ4n) is 3.26. The highest BCUT2D eigenvalue weighted by molar-refractivity contribution is 7.80. The predicted octanol–water partition coefficient (Wildman–Crippen LogP) is 2.01. The zero-order valence-corrected chi connectivity index (χ0v) is 17.6. The zero-order chi connectivity index (χ0) is 20.5. The number of rotatable bonds is 8. The second kappa shape index (κ2) is 10.9. The standard InChI is InChI=1S/C21H28N6OS/c1-16-3-4-19-17(13-16)14-18(15-22)20(26-19)23-6-7-25-21(29)24-5-2-8-27-9-11-28-12-10-27/h3-4,13-14H,2,5-12H2,1H3,(H,23,26)(H2,24,25,29). The summed E-state index contributed by atoms with van der Waals surface area (Å²) in [5, 5.41) is 20.7. The summed E-state index contributed by atoms with van der Waals surface area (Å²) in [4.78, 5) is 7.00. The molecule has 1 fully saturated rings. The molecule has 3 N–H and O–H groups in total. The number of benzene rings is 1. The molecule has 29 heavy (non-hydrogen) atoms. The average molecular weight is 413 g/mol. The van der Waals surface area contributed by atoms with Crippen LogP contribution in [0.3, 0.4) is 0 Å². The van der Waals surface area contributed by atoms with Crippen molar-refractivity contribution in [2.75, 3.05) is 57.8 Å². The SMILES string of the molecule is Cc1ccc2nc(NCCNC(=S)NCCCN3CCOCC3)c(C#N)cc2c1. The van der Waals surface area contributed by atoms with Crippen LogP contribution in [0.15, 0.2) is 24.3 Å². The number of aryl methyl sites for hydroxylation is 1. The normalized spacial score (nSPS) is 14.3. The van der Waals surface area contributed by atoms with E-state index < -0.39 is 0 Å². The van der Waals surface area contributed by atoms with Gasteiger partial charge in [0.1, 0.15) is 11.9 Å². The first kappa shape index (κ1) is 21.2. The number of fused-ring (bicyclic) bond motifs is 1. The van der Waals surface area contributed by atoms with E-state index in [1.54, 1.807) is 0 Å². The van der Waals surface area contributed by atoms with Crippen molar-refractivity contribution in [3.63, 3.8) is 0 Å². The van der Waals surface area contributed by atoms with Crippen LogP contribution in [0.5, 0.6) is 0 Å². The van der Waals surface area contributed by atoms with Gasteiger partial charge in [0.2, 0.25) is 0 Å². The summed E-state index contributed by atoms with van der Waals surface area (Å²) in [6, 6.07) is 10.1. The molecule has 2 heterocycles. The number of anilines is 1. The number of ether oxygens (including phenoxy) is 1. The summed E-state index contributed by atoms with van der Waals surface area (Å²) >= 11 is 5.33. The predicted molar refractivity (Wildman–Crippen MR) is 120 cm³/mol. The summed E-state index contributed by atoms with van der Waals surface area (Å²) in [5.74, 6) is 0.607. The van der Waals surface area contributed by atoms with E-state index in [1.165, 1.54) is 0 Å². The fourth-order valence-corrected chi connectivity index (χ4v) is 3.47. The molecule has 0 amide bonds. The first-order valence-corrected chi connectivity index (χ1v) is 10.4. The van der Waals surface area contributed by atoms with Gasteiger partial charge in [-0.3, -0.25) is 4.90 Å². The fraction of sp³-hybridized carbons (Fsp3) is 0.476. The van der Waals surface area contributed by atoms with Crippen molar-refractivity contribution in [1.29, 1.82) is 5.26 Å². The number of hydrogen-bond donors (Lipinski definition) is 3. The number of nitriles is 1. The smallest absolute Gasteiger partial charge is 0.166 e. The Labute approximate surface area is 177 Å². The van der Waals surface area contributed by atoms with E-state index >= 15 is 0 Å². The van der Waals surface area contributed by atoms with E-state index in [2.05, 4.69) is 31.9 Å². The summed E-state index contributed by atoms with van der Waals surface area (Å²) in [6.45, 7) is 8.90. The highest BCUT2D eigenvalue weighted by atomic mass is 32.1. The van der Waals surface area contributed by atoms with Crippen molar-refractivity contribution < 1.29 is 4.74 Å². The second-order valence-corrected chi connectivity index (χ2v) is 7.52. The number of thiocarbonyl (C=S) groups is 1. The Morgan fingerprint density at radius 2 is 2.00 bits per heavy atom. The van der Waals surface area contributed by atoms with Crippen LogP contribution in [0.1, 0.15) is 17.5 Å². The van der Waals surface area contributed by atoms with Gasteiger partial charge in [0, 0.05) is 38.1 Å². The Morgan fingerprint density at radius 3 is 2.79 bits per heavy atom. The van der Waals surface area contributed by atoms with E-state index in [4.69, 9.17) is 17.0 Å². The van der Waals surface area contributed by atoms with Gasteiger partial charge in [-0.1, -0.05) is 11.6 Å². The molecule has 7 nitrogen and oxygen atoms in total. The van der Waals surface area contributed by atoms with Crippen molar-refractivity contribution in [2.24, 2.45) is 0 Å². The number of pyridine rings is 1. The second-order valence-electron chi connectivity index (χ2n) is 7.11. The Kier molecular flexibility index (Phi) is 7.99. The van der Waals surface area contributed by atoms with E-state index in [0.29, 0.717) is 29.6 Å². The summed E-state index contributed by atoms with van der Waals surface area (Å²) in [7, 11) is 0. The largest absolute Gasteiger partial charge is 0.379 e. The van der Waals surface area contributed by atoms with Crippen molar-refractivity contribution in [2.45, 2.75) is 13.3 Å². The third-order valence-corrected chi connectivity index (χ3v) is 5.12. The van der Waals surface area contributed by atoms with Crippen LogP contribution < -0.4 is 16.0 Å². The molecule has 0 bridgehead atoms. The lowest BCUT2D eigenvalue weighted by Crippen LogP contribution is -2.40. The molecule has 8 heteroatoms. The minimum absolute atomic E-state index is 0.548. The number of nitrogens with zero attached hydrogens (tertiary/aromatic N) is 3. The van der Waals surface area contributed by atoms with E-state index in [1.807, 2.05) is 31.2 Å². The minimum Gasteiger partial charge on any atom is -0.379 e. The first-order valence-electron chi connectivity index (χ1n) is 10.0. The Bertz CT molecular complexity index is 875. The highest BCUT2D eigenvalue weighted by Crippen LogP contribution is 2.20. The van der Waals surface area contributed by atoms with Gasteiger partial charge in [0.25, 0.3) is 0 Å². The van der Waals surface area contributed by atoms with E-state index in [9.17, 15) is 5.26 Å². The maximum absolute atomic E-state index is 9.42. The first-order chi connectivity index (χ1) is 14.2. The summed E-state index contributed by atoms with van der Waals surface area (Å²) in [6.07, 6.45) is 1.05. The number of aromatic nitrogens is 1. The monoisotopic (exact) mass is 412 g/mol.